The second-order valence-corrected chi connectivity index (χ2v) is 7.24. The first-order valence-electron chi connectivity index (χ1n) is 7.89. The number of benzene rings is 1. The summed E-state index contributed by atoms with van der Waals surface area (Å²) in [6, 6.07) is 8.30. The maximum absolute atomic E-state index is 13.0. The van der Waals surface area contributed by atoms with E-state index in [0.29, 0.717) is 0 Å². The monoisotopic (exact) mass is 315 g/mol. The van der Waals surface area contributed by atoms with Crippen LogP contribution in [0, 0.1) is 18.7 Å². The average molecular weight is 315 g/mol. The van der Waals surface area contributed by atoms with Gasteiger partial charge in [0.2, 0.25) is 5.91 Å². The van der Waals surface area contributed by atoms with E-state index >= 15 is 0 Å². The molecule has 23 heavy (non-hydrogen) atoms. The highest BCUT2D eigenvalue weighted by molar-refractivity contribution is 5.94. The predicted molar refractivity (Wildman–Crippen MR) is 87.8 cm³/mol. The molecule has 1 aromatic carbocycles. The van der Waals surface area contributed by atoms with E-state index in [1.165, 1.54) is 12.1 Å². The number of nitrogens with zero attached hydrogens (tertiary/aromatic N) is 2. The van der Waals surface area contributed by atoms with Crippen molar-refractivity contribution in [3.05, 3.63) is 47.4 Å². The molecule has 1 aliphatic rings. The molecule has 1 aliphatic carbocycles. The third-order valence-corrected chi connectivity index (χ3v) is 4.14. The minimum atomic E-state index is -0.250. The second kappa shape index (κ2) is 5.48. The molecule has 0 aliphatic heterocycles. The van der Waals surface area contributed by atoms with Crippen LogP contribution in [0.15, 0.2) is 30.3 Å². The number of carbonyl (C=O) groups is 1. The standard InChI is InChI=1S/C18H22FN3O/c1-11-9-16(22(21-11)18(2,3)4)20-17(23)15-10-14(15)12-5-7-13(19)8-6-12/h5-9,14-15H,10H2,1-4H3,(H,20,23). The van der Waals surface area contributed by atoms with E-state index in [9.17, 15) is 9.18 Å². The molecular formula is C18H22FN3O. The highest BCUT2D eigenvalue weighted by atomic mass is 19.1. The lowest BCUT2D eigenvalue weighted by Crippen LogP contribution is -2.27. The van der Waals surface area contributed by atoms with Crippen LogP contribution < -0.4 is 5.32 Å². The van der Waals surface area contributed by atoms with Crippen LogP contribution in [0.4, 0.5) is 10.2 Å². The Hall–Kier alpha value is -2.17. The van der Waals surface area contributed by atoms with Gasteiger partial charge < -0.3 is 5.32 Å². The molecule has 1 aromatic heterocycles. The summed E-state index contributed by atoms with van der Waals surface area (Å²) in [6.45, 7) is 8.06. The lowest BCUT2D eigenvalue weighted by Gasteiger charge is -2.22. The van der Waals surface area contributed by atoms with Gasteiger partial charge in [0.15, 0.2) is 0 Å². The van der Waals surface area contributed by atoms with E-state index < -0.39 is 0 Å². The van der Waals surface area contributed by atoms with Crippen molar-refractivity contribution in [3.63, 3.8) is 0 Å². The third-order valence-electron chi connectivity index (χ3n) is 4.14. The maximum atomic E-state index is 13.0. The first-order chi connectivity index (χ1) is 10.8. The van der Waals surface area contributed by atoms with Crippen molar-refractivity contribution in [1.29, 1.82) is 0 Å². The Bertz CT molecular complexity index is 728. The average Bonchev–Trinajstić information content (AvgIpc) is 3.16. The van der Waals surface area contributed by atoms with E-state index in [0.717, 1.165) is 23.5 Å². The van der Waals surface area contributed by atoms with Crippen molar-refractivity contribution in [2.45, 2.75) is 45.6 Å². The summed E-state index contributed by atoms with van der Waals surface area (Å²) in [5.41, 5.74) is 1.70. The normalized spacial score (nSPS) is 20.4. The molecule has 0 radical (unpaired) electrons. The number of aromatic nitrogens is 2. The van der Waals surface area contributed by atoms with Crippen LogP contribution >= 0.6 is 0 Å². The fourth-order valence-corrected chi connectivity index (χ4v) is 2.88. The molecule has 2 atom stereocenters. The van der Waals surface area contributed by atoms with Gasteiger partial charge in [-0.2, -0.15) is 5.10 Å². The Morgan fingerprint density at radius 3 is 2.57 bits per heavy atom. The number of hydrogen-bond donors (Lipinski definition) is 1. The van der Waals surface area contributed by atoms with Gasteiger partial charge in [-0.15, -0.1) is 0 Å². The smallest absolute Gasteiger partial charge is 0.229 e. The number of aryl methyl sites for hydroxylation is 1. The molecule has 1 heterocycles. The van der Waals surface area contributed by atoms with Crippen LogP contribution in [0.3, 0.4) is 0 Å². The molecule has 0 saturated heterocycles. The van der Waals surface area contributed by atoms with Crippen molar-refractivity contribution in [3.8, 4) is 0 Å². The van der Waals surface area contributed by atoms with E-state index in [4.69, 9.17) is 0 Å². The summed E-state index contributed by atoms with van der Waals surface area (Å²) in [7, 11) is 0. The number of rotatable bonds is 3. The molecule has 4 nitrogen and oxygen atoms in total. The number of anilines is 1. The summed E-state index contributed by atoms with van der Waals surface area (Å²) in [5, 5.41) is 7.46. The Morgan fingerprint density at radius 1 is 1.30 bits per heavy atom. The highest BCUT2D eigenvalue weighted by Crippen LogP contribution is 2.48. The lowest BCUT2D eigenvalue weighted by atomic mass is 10.1. The number of carbonyl (C=O) groups excluding carboxylic acids is 1. The Kier molecular flexibility index (Phi) is 3.74. The zero-order chi connectivity index (χ0) is 16.8. The molecule has 5 heteroatoms. The largest absolute Gasteiger partial charge is 0.311 e. The fourth-order valence-electron chi connectivity index (χ4n) is 2.88. The molecule has 122 valence electrons. The van der Waals surface area contributed by atoms with Crippen LogP contribution in [-0.4, -0.2) is 15.7 Å². The molecule has 1 N–H and O–H groups in total. The minimum absolute atomic E-state index is 0.00438. The number of hydrogen-bond acceptors (Lipinski definition) is 2. The van der Waals surface area contributed by atoms with Crippen LogP contribution in [0.25, 0.3) is 0 Å². The zero-order valence-electron chi connectivity index (χ0n) is 13.9. The predicted octanol–water partition coefficient (Wildman–Crippen LogP) is 3.83. The Balaban J connectivity index is 1.71. The molecule has 0 bridgehead atoms. The number of nitrogens with one attached hydrogen (secondary N) is 1. The van der Waals surface area contributed by atoms with E-state index in [2.05, 4.69) is 10.4 Å². The van der Waals surface area contributed by atoms with Crippen LogP contribution in [0.2, 0.25) is 0 Å². The molecule has 1 amide bonds. The van der Waals surface area contributed by atoms with Crippen LogP contribution in [0.5, 0.6) is 0 Å². The lowest BCUT2D eigenvalue weighted by molar-refractivity contribution is -0.117. The van der Waals surface area contributed by atoms with Crippen molar-refractivity contribution in [1.82, 2.24) is 9.78 Å². The van der Waals surface area contributed by atoms with Crippen molar-refractivity contribution in [2.75, 3.05) is 5.32 Å². The quantitative estimate of drug-likeness (QED) is 0.936. The summed E-state index contributed by atoms with van der Waals surface area (Å²) in [6.07, 6.45) is 0.806. The molecule has 2 aromatic rings. The zero-order valence-corrected chi connectivity index (χ0v) is 13.9. The van der Waals surface area contributed by atoms with E-state index in [-0.39, 0.29) is 29.1 Å². The molecular weight excluding hydrogens is 293 g/mol. The Morgan fingerprint density at radius 2 is 1.96 bits per heavy atom. The summed E-state index contributed by atoms with van der Waals surface area (Å²) >= 11 is 0. The van der Waals surface area contributed by atoms with E-state index in [1.807, 2.05) is 38.4 Å². The van der Waals surface area contributed by atoms with Gasteiger partial charge in [0, 0.05) is 12.0 Å². The summed E-state index contributed by atoms with van der Waals surface area (Å²) in [5.74, 6) is 0.612. The van der Waals surface area contributed by atoms with Crippen molar-refractivity contribution < 1.29 is 9.18 Å². The Labute approximate surface area is 135 Å². The van der Waals surface area contributed by atoms with Gasteiger partial charge in [-0.1, -0.05) is 12.1 Å². The molecule has 3 rings (SSSR count). The molecule has 1 saturated carbocycles. The minimum Gasteiger partial charge on any atom is -0.311 e. The van der Waals surface area contributed by atoms with E-state index in [1.54, 1.807) is 12.1 Å². The molecule has 2 unspecified atom stereocenters. The number of halogens is 1. The third kappa shape index (κ3) is 3.28. The topological polar surface area (TPSA) is 46.9 Å². The van der Waals surface area contributed by atoms with Gasteiger partial charge in [0.1, 0.15) is 11.6 Å². The molecule has 1 fully saturated rings. The van der Waals surface area contributed by atoms with Gasteiger partial charge in [-0.25, -0.2) is 9.07 Å². The highest BCUT2D eigenvalue weighted by Gasteiger charge is 2.44. The SMILES string of the molecule is Cc1cc(NC(=O)C2CC2c2ccc(F)cc2)n(C(C)(C)C)n1. The van der Waals surface area contributed by atoms with Gasteiger partial charge in [0.05, 0.1) is 11.2 Å². The number of amides is 1. The first-order valence-corrected chi connectivity index (χ1v) is 7.89. The van der Waals surface area contributed by atoms with Gasteiger partial charge in [0.25, 0.3) is 0 Å². The van der Waals surface area contributed by atoms with Gasteiger partial charge in [-0.3, -0.25) is 4.79 Å². The van der Waals surface area contributed by atoms with Crippen LogP contribution in [-0.2, 0) is 10.3 Å². The molecule has 0 spiro atoms. The first kappa shape index (κ1) is 15.7. The summed E-state index contributed by atoms with van der Waals surface area (Å²) < 4.78 is 14.8. The van der Waals surface area contributed by atoms with Crippen molar-refractivity contribution in [2.24, 2.45) is 5.92 Å². The fraction of sp³-hybridized carbons (Fsp3) is 0.444. The van der Waals surface area contributed by atoms with Crippen LogP contribution in [0.1, 0.15) is 44.4 Å². The second-order valence-electron chi connectivity index (χ2n) is 7.24. The maximum Gasteiger partial charge on any atom is 0.229 e. The summed E-state index contributed by atoms with van der Waals surface area (Å²) in [4.78, 5) is 12.5. The van der Waals surface area contributed by atoms with Gasteiger partial charge in [-0.05, 0) is 57.7 Å². The van der Waals surface area contributed by atoms with Gasteiger partial charge >= 0.3 is 0 Å². The van der Waals surface area contributed by atoms with Crippen molar-refractivity contribution >= 4 is 11.7 Å².